The minimum Gasteiger partial charge on any atom is -0.338 e. The number of urea groups is 1. The molecule has 0 saturated heterocycles. The van der Waals surface area contributed by atoms with Crippen LogP contribution < -0.4 is 10.6 Å². The molecule has 1 heterocycles. The lowest BCUT2D eigenvalue weighted by Gasteiger charge is -2.19. The summed E-state index contributed by atoms with van der Waals surface area (Å²) in [6.07, 6.45) is 3.92. The summed E-state index contributed by atoms with van der Waals surface area (Å²) in [7, 11) is -3.70. The van der Waals surface area contributed by atoms with Gasteiger partial charge in [0.15, 0.2) is 9.84 Å². The van der Waals surface area contributed by atoms with Crippen LogP contribution in [0.4, 0.5) is 4.79 Å². The van der Waals surface area contributed by atoms with Crippen LogP contribution in [0.1, 0.15) is 49.5 Å². The lowest BCUT2D eigenvalue weighted by atomic mass is 10.0. The van der Waals surface area contributed by atoms with E-state index >= 15 is 0 Å². The van der Waals surface area contributed by atoms with Gasteiger partial charge < -0.3 is 10.6 Å². The maximum absolute atomic E-state index is 13.2. The van der Waals surface area contributed by atoms with Crippen LogP contribution in [0.15, 0.2) is 53.7 Å². The Morgan fingerprint density at radius 1 is 1.07 bits per heavy atom. The Morgan fingerprint density at radius 2 is 1.78 bits per heavy atom. The van der Waals surface area contributed by atoms with Gasteiger partial charge in [0.25, 0.3) is 0 Å². The van der Waals surface area contributed by atoms with Crippen molar-refractivity contribution in [3.8, 4) is 0 Å². The van der Waals surface area contributed by atoms with Crippen LogP contribution in [0.3, 0.4) is 0 Å². The predicted octanol–water partition coefficient (Wildman–Crippen LogP) is 3.43. The molecule has 1 aromatic heterocycles. The molecular weight excluding hydrogens is 362 g/mol. The zero-order chi connectivity index (χ0) is 19.9. The summed E-state index contributed by atoms with van der Waals surface area (Å²) in [4.78, 5) is 16.2. The number of nitrogens with zero attached hydrogens (tertiary/aromatic N) is 1. The molecule has 6 nitrogen and oxygen atoms in total. The Labute approximate surface area is 161 Å². The Bertz CT molecular complexity index is 835. The SMILES string of the molecule is CCCNC(=O)NC[C@@H](c1cccnc1)S(=O)(=O)c1ccc(C(C)C)cc1. The molecule has 0 unspecified atom stereocenters. The number of pyridine rings is 1. The van der Waals surface area contributed by atoms with Gasteiger partial charge in [0.1, 0.15) is 5.25 Å². The molecular formula is C20H27N3O3S. The van der Waals surface area contributed by atoms with E-state index in [4.69, 9.17) is 0 Å². The topological polar surface area (TPSA) is 88.2 Å². The van der Waals surface area contributed by atoms with E-state index in [0.29, 0.717) is 18.0 Å². The zero-order valence-corrected chi connectivity index (χ0v) is 16.8. The molecule has 146 valence electrons. The van der Waals surface area contributed by atoms with Crippen LogP contribution in [0.25, 0.3) is 0 Å². The zero-order valence-electron chi connectivity index (χ0n) is 16.0. The van der Waals surface area contributed by atoms with Crippen LogP contribution in [0.5, 0.6) is 0 Å². The molecule has 0 fully saturated rings. The van der Waals surface area contributed by atoms with E-state index in [2.05, 4.69) is 29.5 Å². The highest BCUT2D eigenvalue weighted by Gasteiger charge is 2.30. The van der Waals surface area contributed by atoms with E-state index in [1.165, 1.54) is 6.20 Å². The van der Waals surface area contributed by atoms with E-state index in [9.17, 15) is 13.2 Å². The van der Waals surface area contributed by atoms with Gasteiger partial charge in [-0.3, -0.25) is 4.98 Å². The van der Waals surface area contributed by atoms with Crippen molar-refractivity contribution in [1.29, 1.82) is 0 Å². The fraction of sp³-hybridized carbons (Fsp3) is 0.400. The third kappa shape index (κ3) is 5.53. The first-order valence-electron chi connectivity index (χ1n) is 9.11. The van der Waals surface area contributed by atoms with E-state index in [1.807, 2.05) is 19.1 Å². The molecule has 0 aliphatic carbocycles. The number of hydrogen-bond acceptors (Lipinski definition) is 4. The molecule has 27 heavy (non-hydrogen) atoms. The third-order valence-corrected chi connectivity index (χ3v) is 6.41. The maximum Gasteiger partial charge on any atom is 0.314 e. The summed E-state index contributed by atoms with van der Waals surface area (Å²) < 4.78 is 26.5. The molecule has 2 amide bonds. The van der Waals surface area contributed by atoms with Gasteiger partial charge >= 0.3 is 6.03 Å². The number of carbonyl (C=O) groups excluding carboxylic acids is 1. The minimum absolute atomic E-state index is 0.0322. The van der Waals surface area contributed by atoms with E-state index < -0.39 is 15.1 Å². The van der Waals surface area contributed by atoms with Crippen molar-refractivity contribution in [2.45, 2.75) is 43.3 Å². The number of hydrogen-bond donors (Lipinski definition) is 2. The van der Waals surface area contributed by atoms with Crippen LogP contribution in [-0.2, 0) is 9.84 Å². The molecule has 2 rings (SSSR count). The fourth-order valence-electron chi connectivity index (χ4n) is 2.67. The molecule has 0 spiro atoms. The maximum atomic E-state index is 13.2. The Balaban J connectivity index is 2.29. The van der Waals surface area contributed by atoms with Gasteiger partial charge in [0.05, 0.1) is 4.90 Å². The number of benzene rings is 1. The summed E-state index contributed by atoms with van der Waals surface area (Å²) in [5.41, 5.74) is 1.62. The van der Waals surface area contributed by atoms with Crippen LogP contribution in [0.2, 0.25) is 0 Å². The number of amides is 2. The van der Waals surface area contributed by atoms with E-state index in [0.717, 1.165) is 12.0 Å². The number of aromatic nitrogens is 1. The van der Waals surface area contributed by atoms with E-state index in [1.54, 1.807) is 30.5 Å². The quantitative estimate of drug-likeness (QED) is 0.724. The molecule has 1 atom stereocenters. The summed E-state index contributed by atoms with van der Waals surface area (Å²) in [6, 6.07) is 9.95. The molecule has 2 aromatic rings. The first-order chi connectivity index (χ1) is 12.9. The second-order valence-corrected chi connectivity index (χ2v) is 8.81. The summed E-state index contributed by atoms with van der Waals surface area (Å²) in [6.45, 7) is 6.56. The van der Waals surface area contributed by atoms with Gasteiger partial charge in [0.2, 0.25) is 0 Å². The van der Waals surface area contributed by atoms with Gasteiger partial charge in [-0.05, 0) is 41.7 Å². The number of carbonyl (C=O) groups is 1. The van der Waals surface area contributed by atoms with Crippen molar-refractivity contribution in [2.24, 2.45) is 0 Å². The van der Waals surface area contributed by atoms with Crippen molar-refractivity contribution in [3.05, 3.63) is 59.9 Å². The van der Waals surface area contributed by atoms with Gasteiger partial charge in [-0.25, -0.2) is 13.2 Å². The van der Waals surface area contributed by atoms with Gasteiger partial charge in [-0.2, -0.15) is 0 Å². The Kier molecular flexibility index (Phi) is 7.36. The highest BCUT2D eigenvalue weighted by Crippen LogP contribution is 2.29. The van der Waals surface area contributed by atoms with Crippen molar-refractivity contribution in [1.82, 2.24) is 15.6 Å². The number of sulfone groups is 1. The molecule has 0 aliphatic heterocycles. The molecule has 1 aromatic carbocycles. The first kappa shape index (κ1) is 20.9. The minimum atomic E-state index is -3.70. The summed E-state index contributed by atoms with van der Waals surface area (Å²) >= 11 is 0. The lowest BCUT2D eigenvalue weighted by molar-refractivity contribution is 0.241. The average molecular weight is 390 g/mol. The fourth-order valence-corrected chi connectivity index (χ4v) is 4.31. The van der Waals surface area contributed by atoms with Crippen LogP contribution in [0, 0.1) is 0 Å². The lowest BCUT2D eigenvalue weighted by Crippen LogP contribution is -2.39. The number of rotatable bonds is 8. The van der Waals surface area contributed by atoms with Crippen LogP contribution in [-0.4, -0.2) is 32.5 Å². The molecule has 0 saturated carbocycles. The van der Waals surface area contributed by atoms with Crippen LogP contribution >= 0.6 is 0 Å². The molecule has 2 N–H and O–H groups in total. The predicted molar refractivity (Wildman–Crippen MR) is 106 cm³/mol. The highest BCUT2D eigenvalue weighted by molar-refractivity contribution is 7.91. The van der Waals surface area contributed by atoms with Crippen molar-refractivity contribution >= 4 is 15.9 Å². The third-order valence-electron chi connectivity index (χ3n) is 4.29. The Morgan fingerprint density at radius 3 is 2.33 bits per heavy atom. The monoisotopic (exact) mass is 389 g/mol. The summed E-state index contributed by atoms with van der Waals surface area (Å²) in [5.74, 6) is 0.319. The molecule has 0 aliphatic rings. The number of nitrogens with one attached hydrogen (secondary N) is 2. The standard InChI is InChI=1S/C20H27N3O3S/c1-4-11-22-20(24)23-14-19(17-6-5-12-21-13-17)27(25,26)18-9-7-16(8-10-18)15(2)3/h5-10,12-13,15,19H,4,11,14H2,1-3H3,(H2,22,23,24)/t19-/m0/s1. The second-order valence-electron chi connectivity index (χ2n) is 6.68. The summed E-state index contributed by atoms with van der Waals surface area (Å²) in [5, 5.41) is 4.44. The van der Waals surface area contributed by atoms with Gasteiger partial charge in [0, 0.05) is 25.5 Å². The molecule has 0 radical (unpaired) electrons. The normalized spacial score (nSPS) is 12.6. The smallest absolute Gasteiger partial charge is 0.314 e. The van der Waals surface area contributed by atoms with Crippen molar-refractivity contribution in [2.75, 3.05) is 13.1 Å². The second kappa shape index (κ2) is 9.50. The van der Waals surface area contributed by atoms with Gasteiger partial charge in [-0.1, -0.05) is 39.0 Å². The highest BCUT2D eigenvalue weighted by atomic mass is 32.2. The van der Waals surface area contributed by atoms with E-state index in [-0.39, 0.29) is 17.5 Å². The Hall–Kier alpha value is -2.41. The first-order valence-corrected chi connectivity index (χ1v) is 10.7. The molecule has 0 bridgehead atoms. The van der Waals surface area contributed by atoms with Crippen molar-refractivity contribution < 1.29 is 13.2 Å². The average Bonchev–Trinajstić information content (AvgIpc) is 2.67. The largest absolute Gasteiger partial charge is 0.338 e. The van der Waals surface area contributed by atoms with Crippen molar-refractivity contribution in [3.63, 3.8) is 0 Å². The molecule has 7 heteroatoms. The van der Waals surface area contributed by atoms with Gasteiger partial charge in [-0.15, -0.1) is 0 Å².